The van der Waals surface area contributed by atoms with E-state index in [0.29, 0.717) is 25.0 Å². The van der Waals surface area contributed by atoms with Crippen molar-refractivity contribution in [3.63, 3.8) is 0 Å². The molecule has 4 N–H and O–H groups in total. The van der Waals surface area contributed by atoms with Crippen molar-refractivity contribution in [2.24, 2.45) is 5.73 Å². The number of nitrogens with two attached hydrogens (primary N) is 1. The number of ether oxygens (including phenoxy) is 1. The number of benzene rings is 2. The predicted octanol–water partition coefficient (Wildman–Crippen LogP) is 3.36. The molecule has 2 rings (SSSR count). The Morgan fingerprint density at radius 1 is 1.03 bits per heavy atom. The van der Waals surface area contributed by atoms with Crippen molar-refractivity contribution in [3.05, 3.63) is 71.3 Å². The van der Waals surface area contributed by atoms with Gasteiger partial charge in [-0.25, -0.2) is 0 Å². The first-order valence-corrected chi connectivity index (χ1v) is 10.4. The Labute approximate surface area is 178 Å². The van der Waals surface area contributed by atoms with Crippen LogP contribution < -0.4 is 11.1 Å². The van der Waals surface area contributed by atoms with E-state index in [-0.39, 0.29) is 30.2 Å². The molecule has 6 nitrogen and oxygen atoms in total. The number of unbranched alkanes of at least 4 members (excludes halogenated alkanes) is 1. The van der Waals surface area contributed by atoms with Crippen LogP contribution in [0, 0.1) is 5.41 Å². The monoisotopic (exact) mass is 409 g/mol. The van der Waals surface area contributed by atoms with Gasteiger partial charge in [0.1, 0.15) is 5.84 Å². The molecule has 30 heavy (non-hydrogen) atoms. The Hall–Kier alpha value is -3.15. The van der Waals surface area contributed by atoms with Crippen LogP contribution in [-0.4, -0.2) is 30.4 Å². The number of carbonyl (C=O) groups is 2. The fourth-order valence-corrected chi connectivity index (χ4v) is 3.26. The molecule has 0 saturated carbocycles. The minimum atomic E-state index is -0.298. The highest BCUT2D eigenvalue weighted by atomic mass is 16.5. The van der Waals surface area contributed by atoms with Gasteiger partial charge in [-0.05, 0) is 43.7 Å². The lowest BCUT2D eigenvalue weighted by atomic mass is 10.0. The molecule has 0 heterocycles. The minimum absolute atomic E-state index is 0.0489. The second kappa shape index (κ2) is 12.4. The predicted molar refractivity (Wildman–Crippen MR) is 118 cm³/mol. The van der Waals surface area contributed by atoms with Crippen molar-refractivity contribution in [1.82, 2.24) is 5.32 Å². The average molecular weight is 410 g/mol. The van der Waals surface area contributed by atoms with E-state index in [9.17, 15) is 9.59 Å². The molecule has 2 aromatic rings. The van der Waals surface area contributed by atoms with E-state index >= 15 is 0 Å². The highest BCUT2D eigenvalue weighted by molar-refractivity contribution is 5.94. The summed E-state index contributed by atoms with van der Waals surface area (Å²) < 4.78 is 5.05. The third-order valence-electron chi connectivity index (χ3n) is 4.79. The van der Waals surface area contributed by atoms with Gasteiger partial charge < -0.3 is 15.8 Å². The molecule has 2 aromatic carbocycles. The Bertz CT molecular complexity index is 819. The van der Waals surface area contributed by atoms with Crippen molar-refractivity contribution in [2.45, 2.75) is 51.5 Å². The molecule has 1 atom stereocenters. The van der Waals surface area contributed by atoms with Crippen molar-refractivity contribution in [2.75, 3.05) is 6.61 Å². The number of amides is 1. The summed E-state index contributed by atoms with van der Waals surface area (Å²) in [6, 6.07) is 17.1. The van der Waals surface area contributed by atoms with Crippen LogP contribution in [-0.2, 0) is 27.2 Å². The second-order valence-electron chi connectivity index (χ2n) is 7.28. The van der Waals surface area contributed by atoms with Crippen LogP contribution in [0.3, 0.4) is 0 Å². The molecule has 0 aromatic heterocycles. The van der Waals surface area contributed by atoms with Gasteiger partial charge in [-0.1, -0.05) is 54.6 Å². The Morgan fingerprint density at radius 2 is 1.73 bits per heavy atom. The summed E-state index contributed by atoms with van der Waals surface area (Å²) in [5, 5.41) is 10.4. The summed E-state index contributed by atoms with van der Waals surface area (Å²) in [5.41, 5.74) is 8.40. The molecular weight excluding hydrogens is 378 g/mol. The highest BCUT2D eigenvalue weighted by Gasteiger charge is 2.17. The zero-order valence-electron chi connectivity index (χ0n) is 17.5. The van der Waals surface area contributed by atoms with Crippen molar-refractivity contribution >= 4 is 17.7 Å². The lowest BCUT2D eigenvalue weighted by molar-refractivity contribution is -0.143. The van der Waals surface area contributed by atoms with Crippen molar-refractivity contribution in [1.29, 1.82) is 5.41 Å². The summed E-state index contributed by atoms with van der Waals surface area (Å²) >= 11 is 0. The number of esters is 1. The summed E-state index contributed by atoms with van der Waals surface area (Å²) in [6.07, 6.45) is 3.68. The van der Waals surface area contributed by atoms with Gasteiger partial charge in [0, 0.05) is 18.0 Å². The number of rotatable bonds is 12. The molecule has 160 valence electrons. The summed E-state index contributed by atoms with van der Waals surface area (Å²) in [4.78, 5) is 24.3. The van der Waals surface area contributed by atoms with Crippen LogP contribution in [0.4, 0.5) is 0 Å². The van der Waals surface area contributed by atoms with Gasteiger partial charge in [-0.2, -0.15) is 0 Å². The first-order valence-electron chi connectivity index (χ1n) is 10.4. The van der Waals surface area contributed by atoms with Crippen LogP contribution in [0.2, 0.25) is 0 Å². The molecule has 0 aliphatic rings. The van der Waals surface area contributed by atoms with Gasteiger partial charge in [0.2, 0.25) is 5.91 Å². The maximum Gasteiger partial charge on any atom is 0.307 e. The fourth-order valence-electron chi connectivity index (χ4n) is 3.26. The standard InChI is InChI=1S/C24H31N3O3/c1-2-30-23(29)17-21(16-19-9-4-3-5-10-19)27-22(28)11-7-6-8-18-12-14-20(15-13-18)24(25)26/h3-5,9-10,12-15,21H,2,6-8,11,16-17H2,1H3,(H3,25,26)(H,27,28). The van der Waals surface area contributed by atoms with Crippen LogP contribution in [0.25, 0.3) is 0 Å². The largest absolute Gasteiger partial charge is 0.466 e. The van der Waals surface area contributed by atoms with E-state index in [4.69, 9.17) is 15.9 Å². The van der Waals surface area contributed by atoms with Gasteiger partial charge in [-0.3, -0.25) is 15.0 Å². The number of hydrogen-bond acceptors (Lipinski definition) is 4. The number of carbonyl (C=O) groups excluding carboxylic acids is 2. The minimum Gasteiger partial charge on any atom is -0.466 e. The maximum absolute atomic E-state index is 12.4. The zero-order chi connectivity index (χ0) is 21.8. The molecule has 0 aliphatic heterocycles. The van der Waals surface area contributed by atoms with Gasteiger partial charge in [0.25, 0.3) is 0 Å². The molecule has 0 radical (unpaired) electrons. The van der Waals surface area contributed by atoms with Crippen LogP contribution in [0.1, 0.15) is 49.3 Å². The van der Waals surface area contributed by atoms with Crippen LogP contribution in [0.15, 0.2) is 54.6 Å². The van der Waals surface area contributed by atoms with E-state index in [0.717, 1.165) is 30.4 Å². The van der Waals surface area contributed by atoms with Crippen LogP contribution in [0.5, 0.6) is 0 Å². The smallest absolute Gasteiger partial charge is 0.307 e. The molecule has 0 spiro atoms. The quantitative estimate of drug-likeness (QED) is 0.216. The molecule has 6 heteroatoms. The summed E-state index contributed by atoms with van der Waals surface area (Å²) in [6.45, 7) is 2.11. The van der Waals surface area contributed by atoms with Crippen LogP contribution >= 0.6 is 0 Å². The van der Waals surface area contributed by atoms with Crippen molar-refractivity contribution in [3.8, 4) is 0 Å². The normalized spacial score (nSPS) is 11.5. The van der Waals surface area contributed by atoms with Gasteiger partial charge in [0.15, 0.2) is 0 Å². The number of hydrogen-bond donors (Lipinski definition) is 3. The van der Waals surface area contributed by atoms with E-state index in [1.54, 1.807) is 6.92 Å². The van der Waals surface area contributed by atoms with E-state index in [1.165, 1.54) is 0 Å². The van der Waals surface area contributed by atoms with Crippen molar-refractivity contribution < 1.29 is 14.3 Å². The molecular formula is C24H31N3O3. The number of amidine groups is 1. The molecule has 1 amide bonds. The van der Waals surface area contributed by atoms with Gasteiger partial charge in [-0.15, -0.1) is 0 Å². The molecule has 0 fully saturated rings. The number of nitrogen functional groups attached to an aromatic ring is 1. The highest BCUT2D eigenvalue weighted by Crippen LogP contribution is 2.10. The molecule has 0 bridgehead atoms. The maximum atomic E-state index is 12.4. The molecule has 1 unspecified atom stereocenters. The van der Waals surface area contributed by atoms with E-state index in [2.05, 4.69) is 5.32 Å². The first-order chi connectivity index (χ1) is 14.5. The Morgan fingerprint density at radius 3 is 2.37 bits per heavy atom. The number of aryl methyl sites for hydroxylation is 1. The van der Waals surface area contributed by atoms with E-state index < -0.39 is 0 Å². The third-order valence-corrected chi connectivity index (χ3v) is 4.79. The lowest BCUT2D eigenvalue weighted by Crippen LogP contribution is -2.38. The molecule has 0 aliphatic carbocycles. The number of nitrogens with one attached hydrogen (secondary N) is 2. The van der Waals surface area contributed by atoms with E-state index in [1.807, 2.05) is 54.6 Å². The average Bonchev–Trinajstić information content (AvgIpc) is 2.72. The fraction of sp³-hybridized carbons (Fsp3) is 0.375. The summed E-state index contributed by atoms with van der Waals surface area (Å²) in [5.74, 6) is -0.286. The third kappa shape index (κ3) is 8.47. The topological polar surface area (TPSA) is 105 Å². The Balaban J connectivity index is 1.79. The zero-order valence-corrected chi connectivity index (χ0v) is 17.5. The van der Waals surface area contributed by atoms with Gasteiger partial charge >= 0.3 is 5.97 Å². The SMILES string of the molecule is CCOC(=O)CC(Cc1ccccc1)NC(=O)CCCCc1ccc(C(=N)N)cc1. The lowest BCUT2D eigenvalue weighted by Gasteiger charge is -2.18. The molecule has 0 saturated heterocycles. The first kappa shape index (κ1) is 23.1. The van der Waals surface area contributed by atoms with Gasteiger partial charge in [0.05, 0.1) is 13.0 Å². The summed E-state index contributed by atoms with van der Waals surface area (Å²) in [7, 11) is 0. The Kier molecular flexibility index (Phi) is 9.58. The second-order valence-corrected chi connectivity index (χ2v) is 7.28.